The van der Waals surface area contributed by atoms with Gasteiger partial charge in [-0.2, -0.15) is 0 Å². The van der Waals surface area contributed by atoms with E-state index < -0.39 is 29.2 Å². The fraction of sp³-hybridized carbons (Fsp3) is 0.429. The van der Waals surface area contributed by atoms with Crippen LogP contribution in [0, 0.1) is 11.2 Å². The monoisotopic (exact) mass is 301 g/mol. The molecule has 20 heavy (non-hydrogen) atoms. The molecule has 0 aliphatic rings. The maximum absolute atomic E-state index is 13.6. The first-order valence-electron chi connectivity index (χ1n) is 6.08. The number of carbonyl (C=O) groups excluding carboxylic acids is 1. The Balaban J connectivity index is 2.84. The highest BCUT2D eigenvalue weighted by molar-refractivity contribution is 6.31. The van der Waals surface area contributed by atoms with Crippen LogP contribution in [0.4, 0.5) is 4.39 Å². The van der Waals surface area contributed by atoms with Gasteiger partial charge >= 0.3 is 5.97 Å². The molecule has 0 bridgehead atoms. The molecule has 1 rings (SSSR count). The summed E-state index contributed by atoms with van der Waals surface area (Å²) >= 11 is 5.83. The smallest absolute Gasteiger partial charge is 0.326 e. The highest BCUT2D eigenvalue weighted by atomic mass is 35.5. The second kappa shape index (κ2) is 6.22. The fourth-order valence-electron chi connectivity index (χ4n) is 1.72. The van der Waals surface area contributed by atoms with Crippen molar-refractivity contribution < 1.29 is 19.1 Å². The van der Waals surface area contributed by atoms with E-state index in [1.165, 1.54) is 18.2 Å². The molecule has 1 aromatic carbocycles. The first-order valence-corrected chi connectivity index (χ1v) is 6.45. The Morgan fingerprint density at radius 1 is 1.40 bits per heavy atom. The Hall–Kier alpha value is -1.62. The van der Waals surface area contributed by atoms with Crippen LogP contribution in [0.25, 0.3) is 0 Å². The van der Waals surface area contributed by atoms with E-state index in [1.807, 2.05) is 0 Å². The number of carbonyl (C=O) groups is 2. The second-order valence-corrected chi connectivity index (χ2v) is 5.99. The molecule has 110 valence electrons. The molecule has 0 saturated carbocycles. The van der Waals surface area contributed by atoms with Crippen molar-refractivity contribution in [2.75, 3.05) is 0 Å². The molecule has 6 heteroatoms. The Labute approximate surface area is 121 Å². The Morgan fingerprint density at radius 2 is 2.00 bits per heavy atom. The second-order valence-electron chi connectivity index (χ2n) is 5.58. The molecule has 0 unspecified atom stereocenters. The van der Waals surface area contributed by atoms with Crippen LogP contribution < -0.4 is 5.32 Å². The number of carboxylic acids is 1. The summed E-state index contributed by atoms with van der Waals surface area (Å²) in [5.74, 6) is -2.31. The van der Waals surface area contributed by atoms with Crippen LogP contribution in [0.1, 0.15) is 26.3 Å². The lowest BCUT2D eigenvalue weighted by atomic mass is 9.86. The number of halogens is 2. The molecule has 1 amide bonds. The maximum Gasteiger partial charge on any atom is 0.326 e. The maximum atomic E-state index is 13.6. The van der Waals surface area contributed by atoms with Gasteiger partial charge in [0, 0.05) is 10.6 Å². The van der Waals surface area contributed by atoms with E-state index in [9.17, 15) is 14.0 Å². The molecule has 1 atom stereocenters. The molecule has 1 aromatic rings. The van der Waals surface area contributed by atoms with Gasteiger partial charge in [-0.05, 0) is 17.5 Å². The molecule has 0 fully saturated rings. The molecule has 4 nitrogen and oxygen atoms in total. The number of nitrogens with one attached hydrogen (secondary N) is 1. The number of benzene rings is 1. The van der Waals surface area contributed by atoms with Crippen LogP contribution in [-0.2, 0) is 16.0 Å². The van der Waals surface area contributed by atoms with Crippen molar-refractivity contribution in [2.24, 2.45) is 5.41 Å². The highest BCUT2D eigenvalue weighted by Gasteiger charge is 2.32. The van der Waals surface area contributed by atoms with Crippen LogP contribution in [0.3, 0.4) is 0 Å². The van der Waals surface area contributed by atoms with E-state index in [0.717, 1.165) is 0 Å². The number of aliphatic carboxylic acids is 1. The predicted molar refractivity (Wildman–Crippen MR) is 74.1 cm³/mol. The van der Waals surface area contributed by atoms with Gasteiger partial charge in [-0.15, -0.1) is 0 Å². The van der Waals surface area contributed by atoms with E-state index in [4.69, 9.17) is 16.7 Å². The van der Waals surface area contributed by atoms with Gasteiger partial charge in [0.25, 0.3) is 0 Å². The van der Waals surface area contributed by atoms with Crippen LogP contribution >= 0.6 is 11.6 Å². The summed E-state index contributed by atoms with van der Waals surface area (Å²) < 4.78 is 13.6. The minimum atomic E-state index is -1.13. The third kappa shape index (κ3) is 4.20. The lowest BCUT2D eigenvalue weighted by molar-refractivity contribution is -0.144. The van der Waals surface area contributed by atoms with Crippen LogP contribution in [0.2, 0.25) is 5.02 Å². The molecule has 0 saturated heterocycles. The van der Waals surface area contributed by atoms with Crippen molar-refractivity contribution >= 4 is 23.5 Å². The molecular formula is C14H17ClFNO3. The molecule has 0 aliphatic heterocycles. The molecule has 0 aromatic heterocycles. The van der Waals surface area contributed by atoms with Crippen LogP contribution in [0.15, 0.2) is 18.2 Å². The molecule has 0 aliphatic carbocycles. The number of hydrogen-bond donors (Lipinski definition) is 2. The average Bonchev–Trinajstić information content (AvgIpc) is 2.29. The minimum Gasteiger partial charge on any atom is -0.480 e. The molecule has 0 radical (unpaired) electrons. The molecule has 0 heterocycles. The third-order valence-corrected chi connectivity index (χ3v) is 3.17. The summed E-state index contributed by atoms with van der Waals surface area (Å²) in [6.07, 6.45) is -0.300. The fourth-order valence-corrected chi connectivity index (χ4v) is 1.95. The van der Waals surface area contributed by atoms with Gasteiger partial charge in [0.05, 0.1) is 6.42 Å². The van der Waals surface area contributed by atoms with Gasteiger partial charge in [0.1, 0.15) is 11.9 Å². The zero-order valence-corrected chi connectivity index (χ0v) is 12.3. The molecule has 2 N–H and O–H groups in total. The van der Waals surface area contributed by atoms with Crippen LogP contribution in [0.5, 0.6) is 0 Å². The zero-order valence-electron chi connectivity index (χ0n) is 11.5. The average molecular weight is 302 g/mol. The Bertz CT molecular complexity index is 505. The van der Waals surface area contributed by atoms with Gasteiger partial charge in [0.2, 0.25) is 5.91 Å². The van der Waals surface area contributed by atoms with Gasteiger partial charge in [-0.25, -0.2) is 9.18 Å². The zero-order chi connectivity index (χ0) is 15.5. The summed E-state index contributed by atoms with van der Waals surface area (Å²) in [6.45, 7) is 5.09. The van der Waals surface area contributed by atoms with Crippen molar-refractivity contribution in [3.05, 3.63) is 34.6 Å². The Morgan fingerprint density at radius 3 is 2.45 bits per heavy atom. The quantitative estimate of drug-likeness (QED) is 0.898. The summed E-state index contributed by atoms with van der Waals surface area (Å²) in [7, 11) is 0. The minimum absolute atomic E-state index is 0.0599. The Kier molecular flexibility index (Phi) is 5.11. The summed E-state index contributed by atoms with van der Waals surface area (Å²) in [4.78, 5) is 23.0. The summed E-state index contributed by atoms with van der Waals surface area (Å²) in [5.41, 5.74) is -0.592. The van der Waals surface area contributed by atoms with Crippen molar-refractivity contribution in [3.8, 4) is 0 Å². The van der Waals surface area contributed by atoms with Gasteiger partial charge in [0.15, 0.2) is 0 Å². The highest BCUT2D eigenvalue weighted by Crippen LogP contribution is 2.21. The van der Waals surface area contributed by atoms with Crippen molar-refractivity contribution in [2.45, 2.75) is 33.2 Å². The topological polar surface area (TPSA) is 66.4 Å². The lowest BCUT2D eigenvalue weighted by Gasteiger charge is -2.27. The number of hydrogen-bond acceptors (Lipinski definition) is 2. The first kappa shape index (κ1) is 16.4. The standard InChI is InChI=1S/C14H17ClFNO3/c1-14(2,3)12(13(19)20)17-11(18)7-8-9(15)5-4-6-10(8)16/h4-6,12H,7H2,1-3H3,(H,17,18)(H,19,20)/t12-/m1/s1. The van der Waals surface area contributed by atoms with E-state index in [1.54, 1.807) is 20.8 Å². The van der Waals surface area contributed by atoms with Gasteiger partial charge in [-0.3, -0.25) is 4.79 Å². The van der Waals surface area contributed by atoms with E-state index in [2.05, 4.69) is 5.32 Å². The largest absolute Gasteiger partial charge is 0.480 e. The van der Waals surface area contributed by atoms with E-state index >= 15 is 0 Å². The summed E-state index contributed by atoms with van der Waals surface area (Å²) in [5, 5.41) is 11.7. The van der Waals surface area contributed by atoms with Crippen LogP contribution in [-0.4, -0.2) is 23.0 Å². The van der Waals surface area contributed by atoms with E-state index in [0.29, 0.717) is 0 Å². The normalized spacial score (nSPS) is 12.8. The van der Waals surface area contributed by atoms with Gasteiger partial charge in [-0.1, -0.05) is 38.4 Å². The number of amides is 1. The number of rotatable bonds is 4. The third-order valence-electron chi connectivity index (χ3n) is 2.82. The van der Waals surface area contributed by atoms with Crippen molar-refractivity contribution in [1.29, 1.82) is 0 Å². The van der Waals surface area contributed by atoms with Crippen molar-refractivity contribution in [1.82, 2.24) is 5.32 Å². The van der Waals surface area contributed by atoms with E-state index in [-0.39, 0.29) is 17.0 Å². The van der Waals surface area contributed by atoms with Gasteiger partial charge < -0.3 is 10.4 Å². The molecular weight excluding hydrogens is 285 g/mol. The van der Waals surface area contributed by atoms with Crippen molar-refractivity contribution in [3.63, 3.8) is 0 Å². The molecule has 0 spiro atoms. The first-order chi connectivity index (χ1) is 9.12. The lowest BCUT2D eigenvalue weighted by Crippen LogP contribution is -2.49. The SMILES string of the molecule is CC(C)(C)[C@H](NC(=O)Cc1c(F)cccc1Cl)C(=O)O. The summed E-state index contributed by atoms with van der Waals surface area (Å²) in [6, 6.07) is 3.06. The number of carboxylic acid groups (broad SMARTS) is 1. The predicted octanol–water partition coefficient (Wildman–Crippen LogP) is 2.64.